The van der Waals surface area contributed by atoms with Crippen molar-refractivity contribution in [3.63, 3.8) is 0 Å². The van der Waals surface area contributed by atoms with Gasteiger partial charge in [-0.25, -0.2) is 18.2 Å². The molecule has 1 atom stereocenters. The molecule has 7 nitrogen and oxygen atoms in total. The second kappa shape index (κ2) is 5.28. The van der Waals surface area contributed by atoms with Crippen LogP contribution in [0, 0.1) is 0 Å². The molecular formula is C12H17N3O4S. The van der Waals surface area contributed by atoms with Crippen LogP contribution in [0.3, 0.4) is 0 Å². The van der Waals surface area contributed by atoms with Crippen molar-refractivity contribution in [1.82, 2.24) is 4.98 Å². The minimum absolute atomic E-state index is 0.100. The monoisotopic (exact) mass is 299 g/mol. The van der Waals surface area contributed by atoms with Gasteiger partial charge in [0.05, 0.1) is 36.1 Å². The Balaban J connectivity index is 2.27. The number of hydrogen-bond donors (Lipinski definition) is 1. The van der Waals surface area contributed by atoms with Crippen LogP contribution < -0.4 is 10.6 Å². The number of esters is 1. The van der Waals surface area contributed by atoms with Gasteiger partial charge in [0, 0.05) is 13.1 Å². The Hall–Kier alpha value is -1.83. The summed E-state index contributed by atoms with van der Waals surface area (Å²) in [5, 5.41) is 0. The van der Waals surface area contributed by atoms with Crippen LogP contribution in [-0.2, 0) is 14.6 Å². The van der Waals surface area contributed by atoms with Gasteiger partial charge in [0.1, 0.15) is 5.82 Å². The normalized spacial score (nSPS) is 20.6. The van der Waals surface area contributed by atoms with Crippen LogP contribution in [0.4, 0.5) is 11.5 Å². The van der Waals surface area contributed by atoms with Crippen molar-refractivity contribution in [3.05, 3.63) is 17.8 Å². The number of ether oxygens (including phenoxy) is 1. The molecule has 0 saturated carbocycles. The quantitative estimate of drug-likeness (QED) is 0.788. The van der Waals surface area contributed by atoms with E-state index in [2.05, 4.69) is 9.72 Å². The summed E-state index contributed by atoms with van der Waals surface area (Å²) in [6.07, 6.45) is 1.93. The molecule has 0 aliphatic carbocycles. The van der Waals surface area contributed by atoms with Gasteiger partial charge >= 0.3 is 5.97 Å². The fraction of sp³-hybridized carbons (Fsp3) is 0.500. The summed E-state index contributed by atoms with van der Waals surface area (Å²) in [7, 11) is 0.0545. The lowest BCUT2D eigenvalue weighted by Gasteiger charge is -2.24. The summed E-state index contributed by atoms with van der Waals surface area (Å²) in [5.74, 6) is 0.240. The second-order valence-corrected chi connectivity index (χ2v) is 7.02. The van der Waals surface area contributed by atoms with Crippen LogP contribution in [0.25, 0.3) is 0 Å². The molecule has 1 aromatic rings. The molecule has 110 valence electrons. The third-order valence-electron chi connectivity index (χ3n) is 3.44. The summed E-state index contributed by atoms with van der Waals surface area (Å²) in [5.41, 5.74) is 6.14. The van der Waals surface area contributed by atoms with E-state index >= 15 is 0 Å². The van der Waals surface area contributed by atoms with Crippen molar-refractivity contribution in [3.8, 4) is 0 Å². The molecule has 1 aliphatic rings. The number of nitrogens with zero attached hydrogens (tertiary/aromatic N) is 2. The molecule has 1 aliphatic heterocycles. The van der Waals surface area contributed by atoms with Crippen LogP contribution in [0.1, 0.15) is 16.8 Å². The molecule has 8 heteroatoms. The van der Waals surface area contributed by atoms with E-state index in [-0.39, 0.29) is 28.8 Å². The second-order valence-electron chi connectivity index (χ2n) is 4.79. The number of aromatic nitrogens is 1. The number of nitrogens with two attached hydrogens (primary N) is 1. The molecular weight excluding hydrogens is 282 g/mol. The predicted molar refractivity (Wildman–Crippen MR) is 75.5 cm³/mol. The molecule has 0 spiro atoms. The summed E-state index contributed by atoms with van der Waals surface area (Å²) < 4.78 is 27.7. The highest BCUT2D eigenvalue weighted by Gasteiger charge is 2.31. The summed E-state index contributed by atoms with van der Waals surface area (Å²) in [6, 6.07) is 1.38. The van der Waals surface area contributed by atoms with Gasteiger partial charge in [0.15, 0.2) is 9.84 Å². The highest BCUT2D eigenvalue weighted by molar-refractivity contribution is 7.91. The highest BCUT2D eigenvalue weighted by atomic mass is 32.2. The van der Waals surface area contributed by atoms with E-state index in [1.165, 1.54) is 19.4 Å². The lowest BCUT2D eigenvalue weighted by Crippen LogP contribution is -2.33. The first-order valence-corrected chi connectivity index (χ1v) is 7.93. The maximum absolute atomic E-state index is 11.6. The van der Waals surface area contributed by atoms with E-state index in [0.29, 0.717) is 12.2 Å². The molecule has 2 rings (SSSR count). The summed E-state index contributed by atoms with van der Waals surface area (Å²) >= 11 is 0. The van der Waals surface area contributed by atoms with Crippen molar-refractivity contribution in [2.75, 3.05) is 36.3 Å². The third kappa shape index (κ3) is 2.84. The van der Waals surface area contributed by atoms with Crippen LogP contribution in [0.2, 0.25) is 0 Å². The summed E-state index contributed by atoms with van der Waals surface area (Å²) in [4.78, 5) is 17.5. The number of hydrogen-bond acceptors (Lipinski definition) is 7. The zero-order valence-electron chi connectivity index (χ0n) is 11.4. The maximum atomic E-state index is 11.6. The van der Waals surface area contributed by atoms with Gasteiger partial charge in [-0.15, -0.1) is 0 Å². The number of pyridine rings is 1. The fourth-order valence-corrected chi connectivity index (χ4v) is 3.98. The largest absolute Gasteiger partial charge is 0.465 e. The highest BCUT2D eigenvalue weighted by Crippen LogP contribution is 2.24. The van der Waals surface area contributed by atoms with Crippen molar-refractivity contribution in [2.24, 2.45) is 0 Å². The standard InChI is InChI=1S/C12H17N3O4S/c1-15(8-3-4-20(17,18)7-8)11-5-9(12(16)19-2)10(13)6-14-11/h5-6,8H,3-4,7,13H2,1-2H3. The van der Waals surface area contributed by atoms with E-state index in [0.717, 1.165) is 0 Å². The van der Waals surface area contributed by atoms with Crippen LogP contribution in [0.5, 0.6) is 0 Å². The Morgan fingerprint density at radius 1 is 1.55 bits per heavy atom. The van der Waals surface area contributed by atoms with Crippen LogP contribution in [0.15, 0.2) is 12.3 Å². The van der Waals surface area contributed by atoms with E-state index < -0.39 is 15.8 Å². The molecule has 1 fully saturated rings. The average molecular weight is 299 g/mol. The minimum Gasteiger partial charge on any atom is -0.465 e. The van der Waals surface area contributed by atoms with Gasteiger partial charge in [-0.2, -0.15) is 0 Å². The lowest BCUT2D eigenvalue weighted by molar-refractivity contribution is 0.0602. The molecule has 0 aromatic carbocycles. The fourth-order valence-electron chi connectivity index (χ4n) is 2.20. The zero-order valence-corrected chi connectivity index (χ0v) is 12.2. The molecule has 2 N–H and O–H groups in total. The minimum atomic E-state index is -2.97. The first kappa shape index (κ1) is 14.6. The van der Waals surface area contributed by atoms with Crippen molar-refractivity contribution < 1.29 is 17.9 Å². The number of sulfone groups is 1. The van der Waals surface area contributed by atoms with Crippen molar-refractivity contribution >= 4 is 27.3 Å². The van der Waals surface area contributed by atoms with Gasteiger partial charge in [-0.3, -0.25) is 0 Å². The van der Waals surface area contributed by atoms with Crippen LogP contribution >= 0.6 is 0 Å². The Morgan fingerprint density at radius 3 is 2.80 bits per heavy atom. The Kier molecular flexibility index (Phi) is 3.85. The molecule has 0 radical (unpaired) electrons. The number of methoxy groups -OCH3 is 1. The Morgan fingerprint density at radius 2 is 2.25 bits per heavy atom. The molecule has 0 amide bonds. The van der Waals surface area contributed by atoms with Gasteiger partial charge in [-0.1, -0.05) is 0 Å². The SMILES string of the molecule is COC(=O)c1cc(N(C)C2CCS(=O)(=O)C2)ncc1N. The Labute approximate surface area is 117 Å². The van der Waals surface area contributed by atoms with Crippen molar-refractivity contribution in [1.29, 1.82) is 0 Å². The molecule has 2 heterocycles. The average Bonchev–Trinajstić information content (AvgIpc) is 2.78. The number of carbonyl (C=O) groups is 1. The smallest absolute Gasteiger partial charge is 0.340 e. The predicted octanol–water partition coefficient (Wildman–Crippen LogP) is 0.0737. The van der Waals surface area contributed by atoms with E-state index in [4.69, 9.17) is 5.73 Å². The number of nitrogen functional groups attached to an aromatic ring is 1. The van der Waals surface area contributed by atoms with Gasteiger partial charge in [-0.05, 0) is 12.5 Å². The lowest BCUT2D eigenvalue weighted by atomic mass is 10.2. The first-order valence-electron chi connectivity index (χ1n) is 6.11. The van der Waals surface area contributed by atoms with E-state index in [1.807, 2.05) is 0 Å². The van der Waals surface area contributed by atoms with Crippen molar-refractivity contribution in [2.45, 2.75) is 12.5 Å². The van der Waals surface area contributed by atoms with Gasteiger partial charge in [0.25, 0.3) is 0 Å². The molecule has 1 unspecified atom stereocenters. The molecule has 0 bridgehead atoms. The molecule has 1 aromatic heterocycles. The summed E-state index contributed by atoms with van der Waals surface area (Å²) in [6.45, 7) is 0. The van der Waals surface area contributed by atoms with Gasteiger partial charge < -0.3 is 15.4 Å². The number of carbonyl (C=O) groups excluding carboxylic acids is 1. The van der Waals surface area contributed by atoms with E-state index in [1.54, 1.807) is 11.9 Å². The Bertz CT molecular complexity index is 630. The topological polar surface area (TPSA) is 103 Å². The first-order chi connectivity index (χ1) is 9.34. The van der Waals surface area contributed by atoms with E-state index in [9.17, 15) is 13.2 Å². The number of rotatable bonds is 3. The van der Waals surface area contributed by atoms with Gasteiger partial charge in [0.2, 0.25) is 0 Å². The zero-order chi connectivity index (χ0) is 14.9. The maximum Gasteiger partial charge on any atom is 0.340 e. The third-order valence-corrected chi connectivity index (χ3v) is 5.19. The number of anilines is 2. The molecule has 20 heavy (non-hydrogen) atoms. The van der Waals surface area contributed by atoms with Crippen LogP contribution in [-0.4, -0.2) is 51.1 Å². The molecule has 1 saturated heterocycles.